The summed E-state index contributed by atoms with van der Waals surface area (Å²) in [7, 11) is 0. The van der Waals surface area contributed by atoms with Gasteiger partial charge in [-0.1, -0.05) is 23.8 Å². The van der Waals surface area contributed by atoms with Gasteiger partial charge in [0.25, 0.3) is 0 Å². The van der Waals surface area contributed by atoms with E-state index in [0.29, 0.717) is 6.54 Å². The van der Waals surface area contributed by atoms with Crippen molar-refractivity contribution in [1.29, 1.82) is 0 Å². The Morgan fingerprint density at radius 3 is 2.50 bits per heavy atom. The Morgan fingerprint density at radius 2 is 2.00 bits per heavy atom. The molecule has 0 radical (unpaired) electrons. The van der Waals surface area contributed by atoms with Crippen LogP contribution in [0.25, 0.3) is 0 Å². The Bertz CT molecular complexity index is 251. The van der Waals surface area contributed by atoms with E-state index in [4.69, 9.17) is 5.84 Å². The molecule has 0 aromatic heterocycles. The second-order valence-electron chi connectivity index (χ2n) is 2.78. The second kappa shape index (κ2) is 3.93. The Kier molecular flexibility index (Phi) is 2.88. The number of anilines is 1. The van der Waals surface area contributed by atoms with Crippen molar-refractivity contribution in [1.82, 2.24) is 0 Å². The number of aryl methyl sites for hydroxylation is 1. The molecule has 0 heterocycles. The molecule has 0 aliphatic rings. The molecule has 0 spiro atoms. The Balaban J connectivity index is 2.74. The topological polar surface area (TPSA) is 29.3 Å². The second-order valence-corrected chi connectivity index (χ2v) is 2.78. The molecule has 0 amide bonds. The molecule has 0 bridgehead atoms. The zero-order valence-corrected chi connectivity index (χ0v) is 7.33. The summed E-state index contributed by atoms with van der Waals surface area (Å²) in [6.45, 7) is 6.35. The van der Waals surface area contributed by atoms with Gasteiger partial charge in [0.1, 0.15) is 0 Å². The van der Waals surface area contributed by atoms with E-state index >= 15 is 0 Å². The van der Waals surface area contributed by atoms with Gasteiger partial charge in [0.15, 0.2) is 0 Å². The standard InChI is InChI=1S/C10H14N2/c1-3-8-12(11)10-6-4-9(2)5-7-10/h3-7H,1,8,11H2,2H3. The number of rotatable bonds is 3. The molecule has 12 heavy (non-hydrogen) atoms. The number of nitrogens with two attached hydrogens (primary N) is 1. The molecule has 1 aromatic carbocycles. The molecule has 0 saturated heterocycles. The molecule has 1 aromatic rings. The van der Waals surface area contributed by atoms with Crippen molar-refractivity contribution in [3.63, 3.8) is 0 Å². The first-order valence-corrected chi connectivity index (χ1v) is 3.94. The SMILES string of the molecule is C=CCN(N)c1ccc(C)cc1. The van der Waals surface area contributed by atoms with Crippen molar-refractivity contribution in [2.45, 2.75) is 6.92 Å². The molecule has 0 saturated carbocycles. The lowest BCUT2D eigenvalue weighted by atomic mass is 10.2. The predicted octanol–water partition coefficient (Wildman–Crippen LogP) is 1.86. The lowest BCUT2D eigenvalue weighted by Crippen LogP contribution is -2.30. The van der Waals surface area contributed by atoms with E-state index in [1.54, 1.807) is 11.1 Å². The highest BCUT2D eigenvalue weighted by Gasteiger charge is 1.96. The van der Waals surface area contributed by atoms with Crippen LogP contribution in [0.15, 0.2) is 36.9 Å². The van der Waals surface area contributed by atoms with Gasteiger partial charge in [-0.15, -0.1) is 6.58 Å². The maximum absolute atomic E-state index is 5.72. The normalized spacial score (nSPS) is 9.50. The lowest BCUT2D eigenvalue weighted by Gasteiger charge is -2.16. The minimum atomic E-state index is 0.670. The maximum atomic E-state index is 5.72. The quantitative estimate of drug-likeness (QED) is 0.417. The van der Waals surface area contributed by atoms with Crippen molar-refractivity contribution in [3.8, 4) is 0 Å². The van der Waals surface area contributed by atoms with Gasteiger partial charge in [0.05, 0.1) is 12.2 Å². The van der Waals surface area contributed by atoms with Crippen LogP contribution in [-0.2, 0) is 0 Å². The average Bonchev–Trinajstić information content (AvgIpc) is 2.06. The van der Waals surface area contributed by atoms with Crippen LogP contribution in [0.1, 0.15) is 5.56 Å². The third kappa shape index (κ3) is 2.10. The highest BCUT2D eigenvalue weighted by Crippen LogP contribution is 2.11. The molecule has 2 nitrogen and oxygen atoms in total. The van der Waals surface area contributed by atoms with Gasteiger partial charge >= 0.3 is 0 Å². The van der Waals surface area contributed by atoms with E-state index in [-0.39, 0.29) is 0 Å². The summed E-state index contributed by atoms with van der Waals surface area (Å²) >= 11 is 0. The van der Waals surface area contributed by atoms with E-state index in [9.17, 15) is 0 Å². The lowest BCUT2D eigenvalue weighted by molar-refractivity contribution is 0.941. The van der Waals surface area contributed by atoms with Gasteiger partial charge in [-0.2, -0.15) is 0 Å². The van der Waals surface area contributed by atoms with Crippen LogP contribution in [0.5, 0.6) is 0 Å². The summed E-state index contributed by atoms with van der Waals surface area (Å²) in [6, 6.07) is 8.08. The van der Waals surface area contributed by atoms with E-state index in [1.165, 1.54) is 5.56 Å². The Hall–Kier alpha value is -1.28. The van der Waals surface area contributed by atoms with Crippen molar-refractivity contribution < 1.29 is 0 Å². The Morgan fingerprint density at radius 1 is 1.42 bits per heavy atom. The third-order valence-corrected chi connectivity index (χ3v) is 1.69. The number of hydrogen-bond acceptors (Lipinski definition) is 2. The van der Waals surface area contributed by atoms with Crippen molar-refractivity contribution in [3.05, 3.63) is 42.5 Å². The van der Waals surface area contributed by atoms with E-state index in [2.05, 4.69) is 13.5 Å². The summed E-state index contributed by atoms with van der Waals surface area (Å²) in [5.41, 5.74) is 2.26. The van der Waals surface area contributed by atoms with E-state index in [1.807, 2.05) is 24.3 Å². The van der Waals surface area contributed by atoms with Crippen molar-refractivity contribution in [2.75, 3.05) is 11.6 Å². The largest absolute Gasteiger partial charge is 0.307 e. The fourth-order valence-corrected chi connectivity index (χ4v) is 0.981. The van der Waals surface area contributed by atoms with E-state index < -0.39 is 0 Å². The van der Waals surface area contributed by atoms with Crippen LogP contribution in [0.4, 0.5) is 5.69 Å². The molecule has 64 valence electrons. The van der Waals surface area contributed by atoms with Crippen LogP contribution < -0.4 is 10.9 Å². The zero-order chi connectivity index (χ0) is 8.97. The third-order valence-electron chi connectivity index (χ3n) is 1.69. The summed E-state index contributed by atoms with van der Waals surface area (Å²) in [6.07, 6.45) is 1.78. The van der Waals surface area contributed by atoms with Crippen LogP contribution in [0.2, 0.25) is 0 Å². The molecular formula is C10H14N2. The number of nitrogens with zero attached hydrogens (tertiary/aromatic N) is 1. The monoisotopic (exact) mass is 162 g/mol. The molecular weight excluding hydrogens is 148 g/mol. The maximum Gasteiger partial charge on any atom is 0.0521 e. The van der Waals surface area contributed by atoms with Crippen LogP contribution in [0, 0.1) is 6.92 Å². The fraction of sp³-hybridized carbons (Fsp3) is 0.200. The minimum absolute atomic E-state index is 0.670. The van der Waals surface area contributed by atoms with E-state index in [0.717, 1.165) is 5.69 Å². The number of benzene rings is 1. The summed E-state index contributed by atoms with van der Waals surface area (Å²) in [5, 5.41) is 1.66. The van der Waals surface area contributed by atoms with Gasteiger partial charge < -0.3 is 5.01 Å². The van der Waals surface area contributed by atoms with Crippen LogP contribution in [0.3, 0.4) is 0 Å². The first-order chi connectivity index (χ1) is 5.74. The molecule has 0 unspecified atom stereocenters. The van der Waals surface area contributed by atoms with Gasteiger partial charge in [0, 0.05) is 0 Å². The summed E-state index contributed by atoms with van der Waals surface area (Å²) in [4.78, 5) is 0. The average molecular weight is 162 g/mol. The molecule has 0 fully saturated rings. The van der Waals surface area contributed by atoms with Gasteiger partial charge in [0.2, 0.25) is 0 Å². The molecule has 1 rings (SSSR count). The van der Waals surface area contributed by atoms with Crippen molar-refractivity contribution >= 4 is 5.69 Å². The fourth-order valence-electron chi connectivity index (χ4n) is 0.981. The van der Waals surface area contributed by atoms with Gasteiger partial charge in [-0.25, -0.2) is 5.84 Å². The number of hydrazine groups is 1. The van der Waals surface area contributed by atoms with Crippen molar-refractivity contribution in [2.24, 2.45) is 5.84 Å². The minimum Gasteiger partial charge on any atom is -0.307 e. The first kappa shape index (κ1) is 8.81. The molecule has 2 heteroatoms. The van der Waals surface area contributed by atoms with Gasteiger partial charge in [-0.3, -0.25) is 0 Å². The Labute approximate surface area is 73.3 Å². The molecule has 0 aliphatic heterocycles. The van der Waals surface area contributed by atoms with Crippen LogP contribution in [-0.4, -0.2) is 6.54 Å². The van der Waals surface area contributed by atoms with Gasteiger partial charge in [-0.05, 0) is 19.1 Å². The highest BCUT2D eigenvalue weighted by molar-refractivity contribution is 5.46. The summed E-state index contributed by atoms with van der Waals surface area (Å²) < 4.78 is 0. The molecule has 2 N–H and O–H groups in total. The predicted molar refractivity (Wildman–Crippen MR) is 52.9 cm³/mol. The molecule has 0 aliphatic carbocycles. The summed E-state index contributed by atoms with van der Waals surface area (Å²) in [5.74, 6) is 5.72. The highest BCUT2D eigenvalue weighted by atomic mass is 15.4. The first-order valence-electron chi connectivity index (χ1n) is 3.94. The van der Waals surface area contributed by atoms with Crippen LogP contribution >= 0.6 is 0 Å². The molecule has 0 atom stereocenters. The smallest absolute Gasteiger partial charge is 0.0521 e. The number of hydrogen-bond donors (Lipinski definition) is 1. The zero-order valence-electron chi connectivity index (χ0n) is 7.33.